The lowest BCUT2D eigenvalue weighted by molar-refractivity contribution is 0.334. The van der Waals surface area contributed by atoms with E-state index in [2.05, 4.69) is 42.2 Å². The van der Waals surface area contributed by atoms with Crippen molar-refractivity contribution in [1.29, 1.82) is 0 Å². The summed E-state index contributed by atoms with van der Waals surface area (Å²) in [4.78, 5) is 8.77. The number of rotatable bonds is 4. The lowest BCUT2D eigenvalue weighted by Crippen LogP contribution is -2.29. The molecule has 1 aromatic heterocycles. The summed E-state index contributed by atoms with van der Waals surface area (Å²) in [5.74, 6) is 5.73. The van der Waals surface area contributed by atoms with Gasteiger partial charge in [-0.1, -0.05) is 32.9 Å². The minimum absolute atomic E-state index is 0.111. The van der Waals surface area contributed by atoms with Crippen LogP contribution in [0.25, 0.3) is 11.0 Å². The molecule has 4 nitrogen and oxygen atoms in total. The van der Waals surface area contributed by atoms with E-state index in [1.165, 1.54) is 0 Å². The van der Waals surface area contributed by atoms with Crippen molar-refractivity contribution in [1.82, 2.24) is 15.4 Å². The van der Waals surface area contributed by atoms with E-state index in [0.717, 1.165) is 29.4 Å². The van der Waals surface area contributed by atoms with Crippen molar-refractivity contribution in [2.45, 2.75) is 39.7 Å². The van der Waals surface area contributed by atoms with Crippen LogP contribution in [0.15, 0.2) is 30.6 Å². The fourth-order valence-electron chi connectivity index (χ4n) is 2.20. The van der Waals surface area contributed by atoms with Crippen LogP contribution in [0.5, 0.6) is 0 Å². The molecule has 0 radical (unpaired) electrons. The second-order valence-corrected chi connectivity index (χ2v) is 6.09. The fourth-order valence-corrected chi connectivity index (χ4v) is 2.20. The minimum atomic E-state index is 0.111. The third-order valence-corrected chi connectivity index (χ3v) is 3.29. The van der Waals surface area contributed by atoms with Crippen molar-refractivity contribution in [3.63, 3.8) is 0 Å². The summed E-state index contributed by atoms with van der Waals surface area (Å²) in [6.07, 6.45) is 5.52. The van der Waals surface area contributed by atoms with E-state index in [0.29, 0.717) is 5.41 Å². The average Bonchev–Trinajstić information content (AvgIpc) is 2.38. The molecule has 4 heteroatoms. The average molecular weight is 258 g/mol. The molecule has 19 heavy (non-hydrogen) atoms. The maximum atomic E-state index is 5.73. The molecule has 1 aromatic carbocycles. The van der Waals surface area contributed by atoms with E-state index in [1.54, 1.807) is 12.4 Å². The van der Waals surface area contributed by atoms with E-state index in [-0.39, 0.29) is 6.04 Å². The largest absolute Gasteiger partial charge is 0.271 e. The van der Waals surface area contributed by atoms with Gasteiger partial charge < -0.3 is 0 Å². The van der Waals surface area contributed by atoms with Gasteiger partial charge in [0.05, 0.1) is 11.0 Å². The standard InChI is InChI=1S/C15H22N4/c1-15(2,3)8-7-12(19-16)11-5-4-6-13-14(11)18-10-9-17-13/h4-6,9-10,12,19H,7-8,16H2,1-3H3. The number of nitrogens with zero attached hydrogens (tertiary/aromatic N) is 2. The highest BCUT2D eigenvalue weighted by molar-refractivity contribution is 5.78. The van der Waals surface area contributed by atoms with Crippen molar-refractivity contribution in [3.8, 4) is 0 Å². The molecule has 0 spiro atoms. The van der Waals surface area contributed by atoms with Crippen molar-refractivity contribution in [3.05, 3.63) is 36.2 Å². The number of hydrogen-bond acceptors (Lipinski definition) is 4. The molecule has 0 saturated heterocycles. The number of fused-ring (bicyclic) bond motifs is 1. The Hall–Kier alpha value is -1.52. The second-order valence-electron chi connectivity index (χ2n) is 6.09. The Bertz CT molecular complexity index is 540. The molecule has 0 bridgehead atoms. The third kappa shape index (κ3) is 3.49. The minimum Gasteiger partial charge on any atom is -0.271 e. The van der Waals surface area contributed by atoms with Crippen LogP contribution in [0, 0.1) is 5.41 Å². The summed E-state index contributed by atoms with van der Waals surface area (Å²) in [7, 11) is 0. The summed E-state index contributed by atoms with van der Waals surface area (Å²) in [6.45, 7) is 6.72. The number of hydrazine groups is 1. The molecule has 2 rings (SSSR count). The summed E-state index contributed by atoms with van der Waals surface area (Å²) in [6, 6.07) is 6.17. The highest BCUT2D eigenvalue weighted by Crippen LogP contribution is 2.29. The number of nitrogens with two attached hydrogens (primary N) is 1. The fraction of sp³-hybridized carbons (Fsp3) is 0.467. The van der Waals surface area contributed by atoms with Gasteiger partial charge in [-0.3, -0.25) is 21.2 Å². The van der Waals surface area contributed by atoms with Gasteiger partial charge >= 0.3 is 0 Å². The first-order valence-corrected chi connectivity index (χ1v) is 6.67. The Balaban J connectivity index is 2.30. The highest BCUT2D eigenvalue weighted by atomic mass is 15.2. The number of benzene rings is 1. The van der Waals surface area contributed by atoms with E-state index in [9.17, 15) is 0 Å². The lowest BCUT2D eigenvalue weighted by Gasteiger charge is -2.23. The van der Waals surface area contributed by atoms with Gasteiger partial charge in [0.25, 0.3) is 0 Å². The Kier molecular flexibility index (Phi) is 4.12. The summed E-state index contributed by atoms with van der Waals surface area (Å²) in [5, 5.41) is 0. The predicted molar refractivity (Wildman–Crippen MR) is 78.3 cm³/mol. The predicted octanol–water partition coefficient (Wildman–Crippen LogP) is 2.96. The van der Waals surface area contributed by atoms with Crippen molar-refractivity contribution < 1.29 is 0 Å². The maximum Gasteiger partial charge on any atom is 0.0935 e. The van der Waals surface area contributed by atoms with Crippen LogP contribution < -0.4 is 11.3 Å². The normalized spacial score (nSPS) is 13.7. The summed E-state index contributed by atoms with van der Waals surface area (Å²) in [5.41, 5.74) is 6.18. The van der Waals surface area contributed by atoms with E-state index in [4.69, 9.17) is 5.84 Å². The molecule has 0 saturated carbocycles. The molecule has 102 valence electrons. The van der Waals surface area contributed by atoms with E-state index >= 15 is 0 Å². The SMILES string of the molecule is CC(C)(C)CCC(NN)c1cccc2nccnc12. The molecule has 0 fully saturated rings. The number of para-hydroxylation sites is 1. The van der Waals surface area contributed by atoms with Gasteiger partial charge in [0, 0.05) is 18.4 Å². The number of aromatic nitrogens is 2. The monoisotopic (exact) mass is 258 g/mol. The Morgan fingerprint density at radius 3 is 2.63 bits per heavy atom. The van der Waals surface area contributed by atoms with Crippen LogP contribution in [0.3, 0.4) is 0 Å². The Morgan fingerprint density at radius 2 is 1.95 bits per heavy atom. The summed E-state index contributed by atoms with van der Waals surface area (Å²) < 4.78 is 0. The molecule has 1 atom stereocenters. The van der Waals surface area contributed by atoms with Gasteiger partial charge in [-0.05, 0) is 29.9 Å². The van der Waals surface area contributed by atoms with Gasteiger partial charge in [0.15, 0.2) is 0 Å². The van der Waals surface area contributed by atoms with Crippen LogP contribution in [-0.4, -0.2) is 9.97 Å². The third-order valence-electron chi connectivity index (χ3n) is 3.29. The molecule has 2 aromatic rings. The van der Waals surface area contributed by atoms with Crippen LogP contribution in [-0.2, 0) is 0 Å². The Labute approximate surface area is 114 Å². The van der Waals surface area contributed by atoms with E-state index in [1.807, 2.05) is 12.1 Å². The molecule has 0 aliphatic rings. The highest BCUT2D eigenvalue weighted by Gasteiger charge is 2.18. The van der Waals surface area contributed by atoms with E-state index < -0.39 is 0 Å². The molecule has 0 aliphatic carbocycles. The van der Waals surface area contributed by atoms with Gasteiger partial charge in [0.2, 0.25) is 0 Å². The number of hydrogen-bond donors (Lipinski definition) is 2. The first-order valence-electron chi connectivity index (χ1n) is 6.67. The van der Waals surface area contributed by atoms with Gasteiger partial charge in [-0.15, -0.1) is 0 Å². The zero-order valence-electron chi connectivity index (χ0n) is 11.9. The molecule has 1 heterocycles. The molecular weight excluding hydrogens is 236 g/mol. The molecular formula is C15H22N4. The van der Waals surface area contributed by atoms with Crippen LogP contribution in [0.4, 0.5) is 0 Å². The van der Waals surface area contributed by atoms with Crippen LogP contribution in [0.2, 0.25) is 0 Å². The summed E-state index contributed by atoms with van der Waals surface area (Å²) >= 11 is 0. The molecule has 0 aliphatic heterocycles. The van der Waals surface area contributed by atoms with Gasteiger partial charge in [-0.2, -0.15) is 0 Å². The zero-order chi connectivity index (χ0) is 13.9. The molecule has 3 N–H and O–H groups in total. The topological polar surface area (TPSA) is 63.8 Å². The molecule has 0 amide bonds. The lowest BCUT2D eigenvalue weighted by atomic mass is 9.87. The maximum absolute atomic E-state index is 5.73. The number of nitrogens with one attached hydrogen (secondary N) is 1. The first-order chi connectivity index (χ1) is 9.01. The van der Waals surface area contributed by atoms with Gasteiger partial charge in [0.1, 0.15) is 0 Å². The Morgan fingerprint density at radius 1 is 1.21 bits per heavy atom. The zero-order valence-corrected chi connectivity index (χ0v) is 11.9. The smallest absolute Gasteiger partial charge is 0.0935 e. The van der Waals surface area contributed by atoms with Crippen LogP contribution >= 0.6 is 0 Å². The molecule has 1 unspecified atom stereocenters. The quantitative estimate of drug-likeness (QED) is 0.653. The van der Waals surface area contributed by atoms with Crippen LogP contribution in [0.1, 0.15) is 45.2 Å². The van der Waals surface area contributed by atoms with Crippen molar-refractivity contribution in [2.75, 3.05) is 0 Å². The van der Waals surface area contributed by atoms with Crippen molar-refractivity contribution in [2.24, 2.45) is 11.3 Å². The van der Waals surface area contributed by atoms with Crippen molar-refractivity contribution >= 4 is 11.0 Å². The second kappa shape index (κ2) is 5.63. The van der Waals surface area contributed by atoms with Gasteiger partial charge in [-0.25, -0.2) is 0 Å². The first kappa shape index (κ1) is 13.9.